The van der Waals surface area contributed by atoms with Gasteiger partial charge in [0.25, 0.3) is 5.56 Å². The van der Waals surface area contributed by atoms with E-state index in [2.05, 4.69) is 4.98 Å². The van der Waals surface area contributed by atoms with Gasteiger partial charge in [-0.15, -0.1) is 0 Å². The lowest BCUT2D eigenvalue weighted by molar-refractivity contribution is -0.129. The van der Waals surface area contributed by atoms with E-state index < -0.39 is 0 Å². The van der Waals surface area contributed by atoms with Crippen molar-refractivity contribution in [2.24, 2.45) is 7.05 Å². The van der Waals surface area contributed by atoms with Crippen molar-refractivity contribution in [3.8, 4) is 11.1 Å². The quantitative estimate of drug-likeness (QED) is 0.597. The molecule has 2 aromatic heterocycles. The van der Waals surface area contributed by atoms with Gasteiger partial charge in [-0.2, -0.15) is 0 Å². The third kappa shape index (κ3) is 4.09. The second-order valence-electron chi connectivity index (χ2n) is 6.90. The van der Waals surface area contributed by atoms with Crippen molar-refractivity contribution in [3.05, 3.63) is 81.4 Å². The molecule has 1 aliphatic heterocycles. The van der Waals surface area contributed by atoms with Gasteiger partial charge in [0.1, 0.15) is 0 Å². The summed E-state index contributed by atoms with van der Waals surface area (Å²) in [4.78, 5) is 31.7. The van der Waals surface area contributed by atoms with E-state index in [1.54, 1.807) is 23.9 Å². The number of pyridine rings is 2. The number of hydrogen-bond acceptors (Lipinski definition) is 4. The standard InChI is InChI=1S/C22H20ClN3O2S/c1-25-19-9-11-26(21(27)14-29-20-8-4-5-10-24-20)13-15(19)12-17(22(25)28)16-6-2-3-7-18(16)23/h2-8,10,12H,9,11,13-14H2,1H3. The van der Waals surface area contributed by atoms with Crippen LogP contribution in [0.4, 0.5) is 0 Å². The highest BCUT2D eigenvalue weighted by molar-refractivity contribution is 7.99. The van der Waals surface area contributed by atoms with Crippen LogP contribution in [0, 0.1) is 0 Å². The SMILES string of the molecule is Cn1c2c(cc(-c3ccccc3Cl)c1=O)CN(C(=O)CSc1ccccn1)CC2. The number of amides is 1. The first-order valence-corrected chi connectivity index (χ1v) is 10.7. The van der Waals surface area contributed by atoms with Gasteiger partial charge in [0, 0.05) is 54.6 Å². The van der Waals surface area contributed by atoms with Crippen LogP contribution in [0.15, 0.2) is 64.5 Å². The van der Waals surface area contributed by atoms with Crippen molar-refractivity contribution < 1.29 is 4.79 Å². The lowest BCUT2D eigenvalue weighted by Gasteiger charge is -2.30. The summed E-state index contributed by atoms with van der Waals surface area (Å²) in [5, 5.41) is 1.38. The molecule has 0 aliphatic carbocycles. The number of rotatable bonds is 4. The zero-order chi connectivity index (χ0) is 20.4. The van der Waals surface area contributed by atoms with Crippen molar-refractivity contribution in [2.45, 2.75) is 18.0 Å². The molecule has 0 N–H and O–H groups in total. The molecule has 0 bridgehead atoms. The van der Waals surface area contributed by atoms with Crippen molar-refractivity contribution in [1.82, 2.24) is 14.5 Å². The molecule has 3 heterocycles. The van der Waals surface area contributed by atoms with Crippen LogP contribution in [-0.2, 0) is 24.8 Å². The Morgan fingerprint density at radius 3 is 2.72 bits per heavy atom. The number of aromatic nitrogens is 2. The summed E-state index contributed by atoms with van der Waals surface area (Å²) in [6, 6.07) is 14.9. The van der Waals surface area contributed by atoms with Crippen molar-refractivity contribution >= 4 is 29.3 Å². The minimum Gasteiger partial charge on any atom is -0.337 e. The molecule has 0 spiro atoms. The predicted molar refractivity (Wildman–Crippen MR) is 116 cm³/mol. The van der Waals surface area contributed by atoms with Crippen molar-refractivity contribution in [3.63, 3.8) is 0 Å². The number of carbonyl (C=O) groups excluding carboxylic acids is 1. The Balaban J connectivity index is 1.58. The molecule has 0 unspecified atom stereocenters. The highest BCUT2D eigenvalue weighted by atomic mass is 35.5. The van der Waals surface area contributed by atoms with E-state index in [0.717, 1.165) is 16.3 Å². The normalized spacial score (nSPS) is 13.2. The smallest absolute Gasteiger partial charge is 0.258 e. The molecule has 29 heavy (non-hydrogen) atoms. The molecule has 1 aliphatic rings. The third-order valence-electron chi connectivity index (χ3n) is 5.11. The van der Waals surface area contributed by atoms with Crippen LogP contribution in [-0.4, -0.2) is 32.7 Å². The summed E-state index contributed by atoms with van der Waals surface area (Å²) in [5.74, 6) is 0.412. The Hall–Kier alpha value is -2.57. The summed E-state index contributed by atoms with van der Waals surface area (Å²) < 4.78 is 1.69. The molecule has 1 aromatic carbocycles. The van der Waals surface area contributed by atoms with Crippen LogP contribution in [0.2, 0.25) is 5.02 Å². The molecule has 148 valence electrons. The van der Waals surface area contributed by atoms with E-state index in [9.17, 15) is 9.59 Å². The van der Waals surface area contributed by atoms with Crippen LogP contribution in [0.3, 0.4) is 0 Å². The maximum Gasteiger partial charge on any atom is 0.258 e. The fourth-order valence-electron chi connectivity index (χ4n) is 3.57. The number of carbonyl (C=O) groups is 1. The molecule has 5 nitrogen and oxygen atoms in total. The zero-order valence-electron chi connectivity index (χ0n) is 16.0. The Bertz CT molecular complexity index is 1110. The molecular weight excluding hydrogens is 406 g/mol. The molecule has 0 fully saturated rings. The minimum atomic E-state index is -0.0673. The Morgan fingerprint density at radius 1 is 1.17 bits per heavy atom. The fraction of sp³-hybridized carbons (Fsp3) is 0.227. The van der Waals surface area contributed by atoms with E-state index in [1.165, 1.54) is 11.8 Å². The maximum atomic E-state index is 12.9. The Morgan fingerprint density at radius 2 is 1.97 bits per heavy atom. The number of thioether (sulfide) groups is 1. The zero-order valence-corrected chi connectivity index (χ0v) is 17.5. The van der Waals surface area contributed by atoms with Crippen LogP contribution >= 0.6 is 23.4 Å². The summed E-state index contributed by atoms with van der Waals surface area (Å²) >= 11 is 7.76. The van der Waals surface area contributed by atoms with Crippen molar-refractivity contribution in [1.29, 1.82) is 0 Å². The monoisotopic (exact) mass is 425 g/mol. The molecule has 4 rings (SSSR count). The first-order chi connectivity index (χ1) is 14.0. The van der Waals surface area contributed by atoms with Gasteiger partial charge >= 0.3 is 0 Å². The first kappa shape index (κ1) is 19.7. The maximum absolute atomic E-state index is 12.9. The number of hydrogen-bond donors (Lipinski definition) is 0. The predicted octanol–water partition coefficient (Wildman–Crippen LogP) is 3.78. The number of fused-ring (bicyclic) bond motifs is 1. The van der Waals surface area contributed by atoms with Gasteiger partial charge in [-0.25, -0.2) is 4.98 Å². The van der Waals surface area contributed by atoms with Crippen LogP contribution in [0.25, 0.3) is 11.1 Å². The van der Waals surface area contributed by atoms with E-state index in [0.29, 0.717) is 41.4 Å². The van der Waals surface area contributed by atoms with E-state index in [4.69, 9.17) is 11.6 Å². The van der Waals surface area contributed by atoms with Crippen molar-refractivity contribution in [2.75, 3.05) is 12.3 Å². The Labute approximate surface area is 178 Å². The van der Waals surface area contributed by atoms with Crippen LogP contribution in [0.5, 0.6) is 0 Å². The van der Waals surface area contributed by atoms with Gasteiger partial charge in [0.2, 0.25) is 5.91 Å². The summed E-state index contributed by atoms with van der Waals surface area (Å²) in [6.07, 6.45) is 2.38. The van der Waals surface area contributed by atoms with Gasteiger partial charge in [-0.3, -0.25) is 9.59 Å². The first-order valence-electron chi connectivity index (χ1n) is 9.33. The van der Waals surface area contributed by atoms with E-state index in [1.807, 2.05) is 47.4 Å². The number of benzene rings is 1. The number of nitrogens with zero attached hydrogens (tertiary/aromatic N) is 3. The van der Waals surface area contributed by atoms with Gasteiger partial charge in [-0.1, -0.05) is 47.6 Å². The van der Waals surface area contributed by atoms with Gasteiger partial charge < -0.3 is 9.47 Å². The average Bonchev–Trinajstić information content (AvgIpc) is 2.75. The van der Waals surface area contributed by atoms with Crippen LogP contribution < -0.4 is 5.56 Å². The highest BCUT2D eigenvalue weighted by Gasteiger charge is 2.24. The molecule has 7 heteroatoms. The summed E-state index contributed by atoms with van der Waals surface area (Å²) in [6.45, 7) is 1.09. The van der Waals surface area contributed by atoms with E-state index in [-0.39, 0.29) is 11.5 Å². The molecule has 0 saturated carbocycles. The molecule has 0 atom stereocenters. The third-order valence-corrected chi connectivity index (χ3v) is 6.37. The van der Waals surface area contributed by atoms with Crippen LogP contribution in [0.1, 0.15) is 11.3 Å². The molecular formula is C22H20ClN3O2S. The van der Waals surface area contributed by atoms with Gasteiger partial charge in [0.15, 0.2) is 0 Å². The molecule has 0 radical (unpaired) electrons. The number of halogens is 1. The lowest BCUT2D eigenvalue weighted by atomic mass is 9.99. The molecule has 3 aromatic rings. The lowest BCUT2D eigenvalue weighted by Crippen LogP contribution is -2.39. The second kappa shape index (κ2) is 8.43. The summed E-state index contributed by atoms with van der Waals surface area (Å²) in [5.41, 5.74) is 3.18. The topological polar surface area (TPSA) is 55.2 Å². The fourth-order valence-corrected chi connectivity index (χ4v) is 4.58. The van der Waals surface area contributed by atoms with Gasteiger partial charge in [-0.05, 0) is 29.8 Å². The van der Waals surface area contributed by atoms with Gasteiger partial charge in [0.05, 0.1) is 10.8 Å². The Kier molecular flexibility index (Phi) is 5.74. The minimum absolute atomic E-state index is 0.0673. The highest BCUT2D eigenvalue weighted by Crippen LogP contribution is 2.28. The molecule has 1 amide bonds. The summed E-state index contributed by atoms with van der Waals surface area (Å²) in [7, 11) is 1.79. The largest absolute Gasteiger partial charge is 0.337 e. The molecule has 0 saturated heterocycles. The second-order valence-corrected chi connectivity index (χ2v) is 8.30. The van der Waals surface area contributed by atoms with E-state index >= 15 is 0 Å². The average molecular weight is 426 g/mol.